The van der Waals surface area contributed by atoms with Crippen molar-refractivity contribution < 1.29 is 13.5 Å². The Morgan fingerprint density at radius 3 is 1.02 bits per heavy atom. The zero-order valence-corrected chi connectivity index (χ0v) is 27.7. The second kappa shape index (κ2) is 12.6. The van der Waals surface area contributed by atoms with Crippen LogP contribution in [0.3, 0.4) is 0 Å². The number of hydrogen-bond donors (Lipinski definition) is 0. The Kier molecular flexibility index (Phi) is 8.33. The van der Waals surface area contributed by atoms with Crippen molar-refractivity contribution in [3.05, 3.63) is 155 Å². The van der Waals surface area contributed by atoms with Gasteiger partial charge in [0.1, 0.15) is 0 Å². The average molecular weight is 726 g/mol. The molecule has 3 nitrogen and oxygen atoms in total. The minimum atomic E-state index is -1.15. The van der Waals surface area contributed by atoms with E-state index in [0.717, 1.165) is 40.9 Å². The summed E-state index contributed by atoms with van der Waals surface area (Å²) >= 11 is 7.48. The molecule has 0 unspecified atom stereocenters. The topological polar surface area (TPSA) is 31.6 Å². The van der Waals surface area contributed by atoms with Crippen molar-refractivity contribution in [1.82, 2.24) is 0 Å². The lowest BCUT2D eigenvalue weighted by molar-refractivity contribution is 0.575. The first-order valence-corrected chi connectivity index (χ1v) is 17.8. The third-order valence-electron chi connectivity index (χ3n) is 6.88. The van der Waals surface area contributed by atoms with Gasteiger partial charge in [-0.05, 0) is 24.3 Å². The Morgan fingerprint density at radius 1 is 0.419 bits per heavy atom. The van der Waals surface area contributed by atoms with Gasteiger partial charge in [-0.2, -0.15) is 0 Å². The maximum absolute atomic E-state index is 6.89. The van der Waals surface area contributed by atoms with Crippen LogP contribution in [0.4, 0.5) is 0 Å². The van der Waals surface area contributed by atoms with Gasteiger partial charge in [0.05, 0.1) is 0 Å². The molecular weight excluding hydrogens is 702 g/mol. The molecule has 0 bridgehead atoms. The van der Waals surface area contributed by atoms with Crippen LogP contribution >= 0.6 is 48.2 Å². The summed E-state index contributed by atoms with van der Waals surface area (Å²) in [6.07, 6.45) is 0. The summed E-state index contributed by atoms with van der Waals surface area (Å²) in [6.45, 7) is 0. The summed E-state index contributed by atoms with van der Waals surface area (Å²) in [4.78, 5) is 0. The maximum atomic E-state index is 6.89. The van der Waals surface area contributed by atoms with Crippen LogP contribution < -0.4 is 30.3 Å². The Morgan fingerprint density at radius 2 is 0.721 bits per heavy atom. The highest BCUT2D eigenvalue weighted by Crippen LogP contribution is 2.48. The molecule has 6 aromatic carbocycles. The summed E-state index contributed by atoms with van der Waals surface area (Å²) in [5.41, 5.74) is 1.37. The van der Waals surface area contributed by atoms with Crippen LogP contribution in [-0.2, 0) is 0 Å². The van der Waals surface area contributed by atoms with Gasteiger partial charge in [0.15, 0.2) is 39.0 Å². The molecule has 7 aromatic rings. The first-order chi connectivity index (χ1) is 21.1. The summed E-state index contributed by atoms with van der Waals surface area (Å²) in [6, 6.07) is 49.6. The highest BCUT2D eigenvalue weighted by atomic mass is 79.9. The molecule has 1 aromatic heterocycles. The van der Waals surface area contributed by atoms with Crippen molar-refractivity contribution in [1.29, 1.82) is 0 Å². The van der Waals surface area contributed by atoms with Gasteiger partial charge in [0, 0.05) is 40.9 Å². The molecule has 1 heterocycles. The first-order valence-electron chi connectivity index (χ1n) is 13.7. The molecule has 0 aliphatic carbocycles. The van der Waals surface area contributed by atoms with Gasteiger partial charge in [-0.25, -0.2) is 0 Å². The van der Waals surface area contributed by atoms with Crippen molar-refractivity contribution in [2.24, 2.45) is 0 Å². The minimum absolute atomic E-state index is 0.676. The highest BCUT2D eigenvalue weighted by Gasteiger charge is 2.24. The lowest BCUT2D eigenvalue weighted by atomic mass is 10.1. The van der Waals surface area contributed by atoms with E-state index in [9.17, 15) is 0 Å². The quantitative estimate of drug-likeness (QED) is 0.146. The SMILES string of the molecule is Brc1cc(OP(c2ccccc2)c2ccccc2)c2oc3c(OP(c4ccccc4)c4ccccc4)cc(Br)cc3c2c1. The monoisotopic (exact) mass is 724 g/mol. The van der Waals surface area contributed by atoms with E-state index < -0.39 is 16.3 Å². The first kappa shape index (κ1) is 28.3. The van der Waals surface area contributed by atoms with Gasteiger partial charge in [-0.3, -0.25) is 0 Å². The van der Waals surface area contributed by atoms with Gasteiger partial charge >= 0.3 is 0 Å². The molecule has 7 heteroatoms. The van der Waals surface area contributed by atoms with Crippen LogP contribution in [0.25, 0.3) is 21.9 Å². The lowest BCUT2D eigenvalue weighted by Crippen LogP contribution is -2.15. The Hall–Kier alpha value is -3.46. The fourth-order valence-electron chi connectivity index (χ4n) is 4.94. The Bertz CT molecular complexity index is 1780. The second-order valence-corrected chi connectivity index (χ2v) is 15.2. The zero-order valence-electron chi connectivity index (χ0n) is 22.7. The van der Waals surface area contributed by atoms with Gasteiger partial charge in [0.25, 0.3) is 0 Å². The highest BCUT2D eigenvalue weighted by molar-refractivity contribution is 9.10. The van der Waals surface area contributed by atoms with Crippen LogP contribution in [-0.4, -0.2) is 0 Å². The molecule has 0 N–H and O–H groups in total. The van der Waals surface area contributed by atoms with E-state index in [-0.39, 0.29) is 0 Å². The molecule has 0 amide bonds. The molecular formula is C36H24Br2O3P2. The van der Waals surface area contributed by atoms with Crippen LogP contribution in [0.15, 0.2) is 159 Å². The van der Waals surface area contributed by atoms with Gasteiger partial charge < -0.3 is 13.5 Å². The third-order valence-corrected chi connectivity index (χ3v) is 11.6. The maximum Gasteiger partial charge on any atom is 0.177 e. The van der Waals surface area contributed by atoms with E-state index >= 15 is 0 Å². The van der Waals surface area contributed by atoms with Crippen molar-refractivity contribution in [2.45, 2.75) is 0 Å². The number of fused-ring (bicyclic) bond motifs is 3. The van der Waals surface area contributed by atoms with Gasteiger partial charge in [-0.15, -0.1) is 0 Å². The molecule has 0 spiro atoms. The molecule has 0 aliphatic rings. The molecule has 0 saturated carbocycles. The molecule has 0 saturated heterocycles. The minimum Gasteiger partial charge on any atom is -0.461 e. The predicted molar refractivity (Wildman–Crippen MR) is 189 cm³/mol. The van der Waals surface area contributed by atoms with Gasteiger partial charge in [-0.1, -0.05) is 153 Å². The molecule has 43 heavy (non-hydrogen) atoms. The Balaban J connectivity index is 1.37. The fraction of sp³-hybridized carbons (Fsp3) is 0. The van der Waals surface area contributed by atoms with Crippen LogP contribution in [0.5, 0.6) is 11.5 Å². The van der Waals surface area contributed by atoms with E-state index in [1.54, 1.807) is 0 Å². The van der Waals surface area contributed by atoms with Crippen LogP contribution in [0.2, 0.25) is 0 Å². The van der Waals surface area contributed by atoms with Crippen molar-refractivity contribution in [3.63, 3.8) is 0 Å². The summed E-state index contributed by atoms with van der Waals surface area (Å²) in [5.74, 6) is 1.35. The molecule has 0 atom stereocenters. The molecule has 7 rings (SSSR count). The fourth-order valence-corrected chi connectivity index (χ4v) is 9.27. The normalized spacial score (nSPS) is 11.4. The van der Waals surface area contributed by atoms with Gasteiger partial charge in [0.2, 0.25) is 0 Å². The van der Waals surface area contributed by atoms with E-state index in [0.29, 0.717) is 22.7 Å². The van der Waals surface area contributed by atoms with Crippen LogP contribution in [0, 0.1) is 0 Å². The summed E-state index contributed by atoms with van der Waals surface area (Å²) in [5, 5.41) is 6.38. The third kappa shape index (κ3) is 6.01. The molecule has 210 valence electrons. The van der Waals surface area contributed by atoms with E-state index in [2.05, 4.69) is 92.5 Å². The van der Waals surface area contributed by atoms with E-state index in [1.807, 2.05) is 84.9 Å². The van der Waals surface area contributed by atoms with Crippen LogP contribution in [0.1, 0.15) is 0 Å². The zero-order chi connectivity index (χ0) is 29.2. The Labute approximate surface area is 269 Å². The largest absolute Gasteiger partial charge is 0.461 e. The number of hydrogen-bond acceptors (Lipinski definition) is 3. The average Bonchev–Trinajstić information content (AvgIpc) is 3.42. The molecule has 0 aliphatic heterocycles. The van der Waals surface area contributed by atoms with E-state index in [1.165, 1.54) is 0 Å². The van der Waals surface area contributed by atoms with Crippen molar-refractivity contribution >= 4 is 91.3 Å². The second-order valence-electron chi connectivity index (χ2n) is 9.78. The van der Waals surface area contributed by atoms with E-state index in [4.69, 9.17) is 13.5 Å². The standard InChI is InChI=1S/C36H24Br2O3P2/c37-25-21-31-32-22-26(38)24-34(41-43(29-17-9-3-10-18-29)30-19-11-4-12-20-30)36(32)39-35(31)33(23-25)40-42(27-13-5-1-6-14-27)28-15-7-2-8-16-28/h1-24H. The molecule has 0 fully saturated rings. The van der Waals surface area contributed by atoms with Crippen molar-refractivity contribution in [3.8, 4) is 11.5 Å². The summed E-state index contributed by atoms with van der Waals surface area (Å²) in [7, 11) is -2.30. The number of benzene rings is 6. The van der Waals surface area contributed by atoms with Crippen molar-refractivity contribution in [2.75, 3.05) is 0 Å². The number of rotatable bonds is 8. The smallest absolute Gasteiger partial charge is 0.177 e. The summed E-state index contributed by atoms with van der Waals surface area (Å²) < 4.78 is 22.3. The molecule has 0 radical (unpaired) electrons. The predicted octanol–water partition coefficient (Wildman–Crippen LogP) is 9.96. The lowest BCUT2D eigenvalue weighted by Gasteiger charge is -2.20. The number of furan rings is 1. The number of halogens is 2.